The molecular formula is C18H27NO. The van der Waals surface area contributed by atoms with E-state index in [4.69, 9.17) is 10.5 Å². The molecule has 2 heteroatoms. The molecule has 3 rings (SSSR count). The molecule has 2 aliphatic rings. The van der Waals surface area contributed by atoms with Gasteiger partial charge in [-0.3, -0.25) is 0 Å². The molecule has 2 fully saturated rings. The molecule has 0 aromatic heterocycles. The Morgan fingerprint density at radius 2 is 1.65 bits per heavy atom. The molecule has 2 aliphatic carbocycles. The normalized spacial score (nSPS) is 24.4. The zero-order chi connectivity index (χ0) is 14.2. The summed E-state index contributed by atoms with van der Waals surface area (Å²) in [5.41, 5.74) is 8.26. The lowest BCUT2D eigenvalue weighted by Crippen LogP contribution is -2.29. The van der Waals surface area contributed by atoms with Crippen LogP contribution in [0.3, 0.4) is 0 Å². The quantitative estimate of drug-likeness (QED) is 0.880. The number of ether oxygens (including phenoxy) is 1. The summed E-state index contributed by atoms with van der Waals surface area (Å²) in [5.74, 6) is 1.63. The molecule has 1 aromatic rings. The van der Waals surface area contributed by atoms with Crippen LogP contribution in [0.4, 0.5) is 0 Å². The van der Waals surface area contributed by atoms with Gasteiger partial charge in [0.05, 0.1) is 6.10 Å². The Hall–Kier alpha value is -1.02. The van der Waals surface area contributed by atoms with Crippen LogP contribution in [0.25, 0.3) is 0 Å². The number of benzene rings is 1. The molecule has 1 atom stereocenters. The third-order valence-corrected chi connectivity index (χ3v) is 4.98. The van der Waals surface area contributed by atoms with Crippen molar-refractivity contribution in [2.45, 2.75) is 64.5 Å². The molecule has 0 spiro atoms. The van der Waals surface area contributed by atoms with Crippen LogP contribution in [-0.4, -0.2) is 6.10 Å². The lowest BCUT2D eigenvalue weighted by atomic mass is 9.70. The van der Waals surface area contributed by atoms with Gasteiger partial charge >= 0.3 is 0 Å². The first-order valence-corrected chi connectivity index (χ1v) is 8.06. The summed E-state index contributed by atoms with van der Waals surface area (Å²) in [6.45, 7) is 4.75. The molecule has 2 N–H and O–H groups in total. The highest BCUT2D eigenvalue weighted by atomic mass is 16.5. The first kappa shape index (κ1) is 13.9. The van der Waals surface area contributed by atoms with E-state index in [-0.39, 0.29) is 6.04 Å². The van der Waals surface area contributed by atoms with Crippen molar-refractivity contribution >= 4 is 0 Å². The van der Waals surface area contributed by atoms with Gasteiger partial charge in [0, 0.05) is 6.04 Å². The highest BCUT2D eigenvalue weighted by Gasteiger charge is 2.30. The van der Waals surface area contributed by atoms with Crippen molar-refractivity contribution in [2.75, 3.05) is 0 Å². The largest absolute Gasteiger partial charge is 0.490 e. The van der Waals surface area contributed by atoms with Gasteiger partial charge in [-0.25, -0.2) is 0 Å². The predicted molar refractivity (Wildman–Crippen MR) is 82.8 cm³/mol. The summed E-state index contributed by atoms with van der Waals surface area (Å²) in [4.78, 5) is 0. The smallest absolute Gasteiger partial charge is 0.119 e. The van der Waals surface area contributed by atoms with Gasteiger partial charge in [0.15, 0.2) is 0 Å². The van der Waals surface area contributed by atoms with Crippen LogP contribution < -0.4 is 10.5 Å². The lowest BCUT2D eigenvalue weighted by Gasteiger charge is -2.37. The first-order chi connectivity index (χ1) is 9.53. The Bertz CT molecular complexity index is 437. The molecule has 0 aliphatic heterocycles. The Labute approximate surface area is 122 Å². The van der Waals surface area contributed by atoms with Crippen molar-refractivity contribution < 1.29 is 4.74 Å². The molecule has 0 saturated heterocycles. The Morgan fingerprint density at radius 3 is 2.20 bits per heavy atom. The highest BCUT2D eigenvalue weighted by molar-refractivity contribution is 5.30. The van der Waals surface area contributed by atoms with Crippen LogP contribution in [0.2, 0.25) is 0 Å². The molecule has 20 heavy (non-hydrogen) atoms. The fourth-order valence-electron chi connectivity index (χ4n) is 3.20. The average molecular weight is 273 g/mol. The Kier molecular flexibility index (Phi) is 3.76. The number of rotatable bonds is 4. The SMILES string of the molecule is CC1(C)CCC(C(N)c2ccc(OC3CC3)cc2)CC1. The standard InChI is InChI=1S/C18H27NO/c1-18(2)11-9-14(10-12-18)17(19)13-3-5-15(6-4-13)20-16-7-8-16/h3-6,14,16-17H,7-12,19H2,1-2H3. The Morgan fingerprint density at radius 1 is 1.05 bits per heavy atom. The molecule has 0 radical (unpaired) electrons. The number of nitrogens with two attached hydrogens (primary N) is 1. The van der Waals surface area contributed by atoms with E-state index in [1.807, 2.05) is 0 Å². The van der Waals surface area contributed by atoms with Crippen LogP contribution in [0.1, 0.15) is 64.0 Å². The summed E-state index contributed by atoms with van der Waals surface area (Å²) in [5, 5.41) is 0. The minimum absolute atomic E-state index is 0.182. The maximum absolute atomic E-state index is 6.48. The van der Waals surface area contributed by atoms with E-state index in [0.29, 0.717) is 17.4 Å². The van der Waals surface area contributed by atoms with Crippen LogP contribution in [0.15, 0.2) is 24.3 Å². The van der Waals surface area contributed by atoms with E-state index in [1.54, 1.807) is 0 Å². The topological polar surface area (TPSA) is 35.2 Å². The van der Waals surface area contributed by atoms with Gasteiger partial charge in [0.2, 0.25) is 0 Å². The predicted octanol–water partition coefficient (Wildman–Crippen LogP) is 4.44. The van der Waals surface area contributed by atoms with Gasteiger partial charge < -0.3 is 10.5 Å². The summed E-state index contributed by atoms with van der Waals surface area (Å²) in [6, 6.07) is 8.66. The van der Waals surface area contributed by atoms with E-state index < -0.39 is 0 Å². The highest BCUT2D eigenvalue weighted by Crippen LogP contribution is 2.42. The van der Waals surface area contributed by atoms with Gasteiger partial charge in [-0.1, -0.05) is 26.0 Å². The van der Waals surface area contributed by atoms with Gasteiger partial charge in [-0.2, -0.15) is 0 Å². The number of hydrogen-bond donors (Lipinski definition) is 1. The van der Waals surface area contributed by atoms with E-state index in [9.17, 15) is 0 Å². The molecule has 0 bridgehead atoms. The van der Waals surface area contributed by atoms with Crippen LogP contribution in [0.5, 0.6) is 5.75 Å². The monoisotopic (exact) mass is 273 g/mol. The third kappa shape index (κ3) is 3.35. The minimum atomic E-state index is 0.182. The second-order valence-electron chi connectivity index (χ2n) is 7.41. The van der Waals surface area contributed by atoms with Gasteiger partial charge in [0.1, 0.15) is 5.75 Å². The minimum Gasteiger partial charge on any atom is -0.490 e. The van der Waals surface area contributed by atoms with Crippen molar-refractivity contribution in [2.24, 2.45) is 17.1 Å². The second kappa shape index (κ2) is 5.40. The van der Waals surface area contributed by atoms with Gasteiger partial charge in [0.25, 0.3) is 0 Å². The van der Waals surface area contributed by atoms with Crippen molar-refractivity contribution in [1.82, 2.24) is 0 Å². The van der Waals surface area contributed by atoms with Crippen molar-refractivity contribution in [3.63, 3.8) is 0 Å². The molecule has 110 valence electrons. The molecule has 2 saturated carbocycles. The lowest BCUT2D eigenvalue weighted by molar-refractivity contribution is 0.173. The maximum atomic E-state index is 6.48. The summed E-state index contributed by atoms with van der Waals surface area (Å²) in [6.07, 6.45) is 8.00. The third-order valence-electron chi connectivity index (χ3n) is 4.98. The fraction of sp³-hybridized carbons (Fsp3) is 0.667. The average Bonchev–Trinajstić information content (AvgIpc) is 3.23. The summed E-state index contributed by atoms with van der Waals surface area (Å²) >= 11 is 0. The van der Waals surface area contributed by atoms with E-state index >= 15 is 0 Å². The molecule has 1 unspecified atom stereocenters. The van der Waals surface area contributed by atoms with Gasteiger partial charge in [-0.05, 0) is 67.6 Å². The van der Waals surface area contributed by atoms with E-state index in [2.05, 4.69) is 38.1 Å². The maximum Gasteiger partial charge on any atom is 0.119 e. The molecule has 0 heterocycles. The Balaban J connectivity index is 1.60. The molecule has 1 aromatic carbocycles. The zero-order valence-corrected chi connectivity index (χ0v) is 12.8. The van der Waals surface area contributed by atoms with E-state index in [1.165, 1.54) is 44.1 Å². The zero-order valence-electron chi connectivity index (χ0n) is 12.8. The second-order valence-corrected chi connectivity index (χ2v) is 7.41. The first-order valence-electron chi connectivity index (χ1n) is 8.06. The van der Waals surface area contributed by atoms with Gasteiger partial charge in [-0.15, -0.1) is 0 Å². The van der Waals surface area contributed by atoms with Crippen molar-refractivity contribution in [3.8, 4) is 5.75 Å². The van der Waals surface area contributed by atoms with Crippen LogP contribution in [0, 0.1) is 11.3 Å². The van der Waals surface area contributed by atoms with E-state index in [0.717, 1.165) is 5.75 Å². The fourth-order valence-corrected chi connectivity index (χ4v) is 3.20. The molecule has 0 amide bonds. The molecule has 2 nitrogen and oxygen atoms in total. The number of hydrogen-bond acceptors (Lipinski definition) is 2. The summed E-state index contributed by atoms with van der Waals surface area (Å²) < 4.78 is 5.79. The van der Waals surface area contributed by atoms with Crippen LogP contribution >= 0.6 is 0 Å². The molecular weight excluding hydrogens is 246 g/mol. The van der Waals surface area contributed by atoms with Crippen LogP contribution in [-0.2, 0) is 0 Å². The van der Waals surface area contributed by atoms with Crippen molar-refractivity contribution in [3.05, 3.63) is 29.8 Å². The van der Waals surface area contributed by atoms with Crippen molar-refractivity contribution in [1.29, 1.82) is 0 Å². The summed E-state index contributed by atoms with van der Waals surface area (Å²) in [7, 11) is 0.